The van der Waals surface area contributed by atoms with E-state index in [9.17, 15) is 4.79 Å². The average Bonchev–Trinajstić information content (AvgIpc) is 2.85. The summed E-state index contributed by atoms with van der Waals surface area (Å²) in [5.41, 5.74) is -0.271. The molecule has 1 fully saturated rings. The van der Waals surface area contributed by atoms with Gasteiger partial charge in [-0.15, -0.1) is 0 Å². The van der Waals surface area contributed by atoms with Gasteiger partial charge in [-0.25, -0.2) is 4.79 Å². The predicted molar refractivity (Wildman–Crippen MR) is 81.5 cm³/mol. The molecule has 3 atom stereocenters. The highest BCUT2D eigenvalue weighted by molar-refractivity contribution is 5.75. The standard InChI is InChI=1S/C16H24N2O3/c1-12(13(2)21-14-7-5-4-6-8-14)17-15(19)18-16(3)9-10-20-11-16/h4-8,12-13H,9-11H2,1-3H3,(H2,17,18,19)/t12-,13-,16+/m1/s1. The molecule has 2 amide bonds. The number of benzene rings is 1. The summed E-state index contributed by atoms with van der Waals surface area (Å²) in [5.74, 6) is 0.801. The maximum absolute atomic E-state index is 12.0. The first-order valence-corrected chi connectivity index (χ1v) is 7.37. The molecule has 1 aromatic carbocycles. The third kappa shape index (κ3) is 4.63. The van der Waals surface area contributed by atoms with Crippen molar-refractivity contribution < 1.29 is 14.3 Å². The number of carbonyl (C=O) groups excluding carboxylic acids is 1. The Kier molecular flexibility index (Phi) is 5.07. The van der Waals surface area contributed by atoms with E-state index in [2.05, 4.69) is 10.6 Å². The molecule has 0 unspecified atom stereocenters. The number of ether oxygens (including phenoxy) is 2. The van der Waals surface area contributed by atoms with Gasteiger partial charge in [-0.1, -0.05) is 18.2 Å². The molecule has 1 aliphatic rings. The van der Waals surface area contributed by atoms with Gasteiger partial charge >= 0.3 is 6.03 Å². The minimum Gasteiger partial charge on any atom is -0.489 e. The first kappa shape index (κ1) is 15.6. The average molecular weight is 292 g/mol. The van der Waals surface area contributed by atoms with Crippen LogP contribution in [0.2, 0.25) is 0 Å². The van der Waals surface area contributed by atoms with Crippen molar-refractivity contribution in [2.75, 3.05) is 13.2 Å². The molecule has 1 saturated heterocycles. The van der Waals surface area contributed by atoms with Crippen molar-refractivity contribution in [2.45, 2.75) is 44.9 Å². The van der Waals surface area contributed by atoms with Crippen LogP contribution in [0.15, 0.2) is 30.3 Å². The van der Waals surface area contributed by atoms with Crippen molar-refractivity contribution in [3.8, 4) is 5.75 Å². The molecule has 5 nitrogen and oxygen atoms in total. The lowest BCUT2D eigenvalue weighted by atomic mass is 10.0. The molecular formula is C16H24N2O3. The van der Waals surface area contributed by atoms with E-state index in [1.807, 2.05) is 51.1 Å². The summed E-state index contributed by atoms with van der Waals surface area (Å²) in [5, 5.41) is 5.90. The van der Waals surface area contributed by atoms with Crippen LogP contribution < -0.4 is 15.4 Å². The van der Waals surface area contributed by atoms with E-state index in [4.69, 9.17) is 9.47 Å². The fraction of sp³-hybridized carbons (Fsp3) is 0.562. The van der Waals surface area contributed by atoms with Gasteiger partial charge in [0.25, 0.3) is 0 Å². The molecule has 21 heavy (non-hydrogen) atoms. The number of nitrogens with one attached hydrogen (secondary N) is 2. The summed E-state index contributed by atoms with van der Waals surface area (Å²) < 4.78 is 11.1. The number of hydrogen-bond donors (Lipinski definition) is 2. The van der Waals surface area contributed by atoms with Crippen molar-refractivity contribution in [3.05, 3.63) is 30.3 Å². The molecule has 2 N–H and O–H groups in total. The van der Waals surface area contributed by atoms with Crippen LogP contribution in [-0.2, 0) is 4.74 Å². The second-order valence-corrected chi connectivity index (χ2v) is 5.89. The molecular weight excluding hydrogens is 268 g/mol. The van der Waals surface area contributed by atoms with Crippen LogP contribution in [0.3, 0.4) is 0 Å². The van der Waals surface area contributed by atoms with E-state index in [-0.39, 0.29) is 23.7 Å². The molecule has 0 saturated carbocycles. The van der Waals surface area contributed by atoms with Crippen LogP contribution in [0.4, 0.5) is 4.79 Å². The third-order valence-electron chi connectivity index (χ3n) is 3.76. The van der Waals surface area contributed by atoms with E-state index < -0.39 is 0 Å². The summed E-state index contributed by atoms with van der Waals surface area (Å²) in [6.45, 7) is 7.12. The normalized spacial score (nSPS) is 24.1. The second-order valence-electron chi connectivity index (χ2n) is 5.89. The number of amides is 2. The quantitative estimate of drug-likeness (QED) is 0.875. The van der Waals surface area contributed by atoms with Crippen molar-refractivity contribution >= 4 is 6.03 Å². The maximum atomic E-state index is 12.0. The van der Waals surface area contributed by atoms with Crippen LogP contribution in [-0.4, -0.2) is 36.9 Å². The van der Waals surface area contributed by atoms with Gasteiger partial charge in [0.2, 0.25) is 0 Å². The lowest BCUT2D eigenvalue weighted by molar-refractivity contribution is 0.161. The fourth-order valence-corrected chi connectivity index (χ4v) is 2.22. The predicted octanol–water partition coefficient (Wildman–Crippen LogP) is 2.32. The van der Waals surface area contributed by atoms with Gasteiger partial charge in [0.15, 0.2) is 0 Å². The number of para-hydroxylation sites is 1. The number of rotatable bonds is 5. The van der Waals surface area contributed by atoms with Gasteiger partial charge in [-0.05, 0) is 39.3 Å². The lowest BCUT2D eigenvalue weighted by Gasteiger charge is -2.27. The highest BCUT2D eigenvalue weighted by Crippen LogP contribution is 2.17. The first-order valence-electron chi connectivity index (χ1n) is 7.37. The summed E-state index contributed by atoms with van der Waals surface area (Å²) in [6.07, 6.45) is 0.719. The fourth-order valence-electron chi connectivity index (χ4n) is 2.22. The molecule has 5 heteroatoms. The SMILES string of the molecule is C[C@@H](NC(=O)N[C@@]1(C)CCOC1)[C@@H](C)Oc1ccccc1. The monoisotopic (exact) mass is 292 g/mol. The summed E-state index contributed by atoms with van der Waals surface area (Å²) in [7, 11) is 0. The van der Waals surface area contributed by atoms with Crippen molar-refractivity contribution in [1.29, 1.82) is 0 Å². The summed E-state index contributed by atoms with van der Waals surface area (Å²) >= 11 is 0. The van der Waals surface area contributed by atoms with Gasteiger partial charge in [0.05, 0.1) is 18.2 Å². The largest absolute Gasteiger partial charge is 0.489 e. The third-order valence-corrected chi connectivity index (χ3v) is 3.76. The molecule has 1 aliphatic heterocycles. The van der Waals surface area contributed by atoms with Gasteiger partial charge in [0.1, 0.15) is 11.9 Å². The zero-order valence-electron chi connectivity index (χ0n) is 12.9. The Morgan fingerprint density at radius 1 is 1.33 bits per heavy atom. The number of urea groups is 1. The van der Waals surface area contributed by atoms with Gasteiger partial charge in [-0.3, -0.25) is 0 Å². The number of hydrogen-bond acceptors (Lipinski definition) is 3. The van der Waals surface area contributed by atoms with Crippen LogP contribution in [0.1, 0.15) is 27.2 Å². The van der Waals surface area contributed by atoms with Crippen molar-refractivity contribution in [1.82, 2.24) is 10.6 Å². The van der Waals surface area contributed by atoms with Gasteiger partial charge < -0.3 is 20.1 Å². The molecule has 0 radical (unpaired) electrons. The topological polar surface area (TPSA) is 59.6 Å². The van der Waals surface area contributed by atoms with Gasteiger partial charge in [-0.2, -0.15) is 0 Å². The maximum Gasteiger partial charge on any atom is 0.315 e. The van der Waals surface area contributed by atoms with Gasteiger partial charge in [0, 0.05) is 6.61 Å². The number of carbonyl (C=O) groups is 1. The van der Waals surface area contributed by atoms with E-state index in [0.29, 0.717) is 13.2 Å². The zero-order chi connectivity index (χ0) is 15.3. The smallest absolute Gasteiger partial charge is 0.315 e. The minimum absolute atomic E-state index is 0.101. The second kappa shape index (κ2) is 6.80. The lowest BCUT2D eigenvalue weighted by Crippen LogP contribution is -2.54. The molecule has 0 aliphatic carbocycles. The first-order chi connectivity index (χ1) is 9.98. The zero-order valence-corrected chi connectivity index (χ0v) is 12.9. The van der Waals surface area contributed by atoms with E-state index >= 15 is 0 Å². The highest BCUT2D eigenvalue weighted by atomic mass is 16.5. The molecule has 116 valence electrons. The van der Waals surface area contributed by atoms with Crippen LogP contribution in [0.25, 0.3) is 0 Å². The molecule has 0 aromatic heterocycles. The van der Waals surface area contributed by atoms with Crippen molar-refractivity contribution in [2.24, 2.45) is 0 Å². The Morgan fingerprint density at radius 3 is 2.67 bits per heavy atom. The van der Waals surface area contributed by atoms with E-state index in [1.165, 1.54) is 0 Å². The van der Waals surface area contributed by atoms with E-state index in [1.54, 1.807) is 0 Å². The van der Waals surface area contributed by atoms with Crippen molar-refractivity contribution in [3.63, 3.8) is 0 Å². The Balaban J connectivity index is 1.80. The Morgan fingerprint density at radius 2 is 2.05 bits per heavy atom. The molecule has 2 rings (SSSR count). The molecule has 0 bridgehead atoms. The summed E-state index contributed by atoms with van der Waals surface area (Å²) in [6, 6.07) is 9.31. The summed E-state index contributed by atoms with van der Waals surface area (Å²) in [4.78, 5) is 12.0. The minimum atomic E-state index is -0.271. The highest BCUT2D eigenvalue weighted by Gasteiger charge is 2.31. The molecule has 0 spiro atoms. The van der Waals surface area contributed by atoms with Crippen LogP contribution in [0, 0.1) is 0 Å². The van der Waals surface area contributed by atoms with Crippen LogP contribution >= 0.6 is 0 Å². The molecule has 1 heterocycles. The van der Waals surface area contributed by atoms with Crippen LogP contribution in [0.5, 0.6) is 5.75 Å². The Hall–Kier alpha value is -1.75. The van der Waals surface area contributed by atoms with E-state index in [0.717, 1.165) is 12.2 Å². The Bertz CT molecular complexity index is 458. The Labute approximate surface area is 126 Å². The molecule has 1 aromatic rings.